The number of hydrogen-bond acceptors (Lipinski definition) is 4. The van der Waals surface area contributed by atoms with Gasteiger partial charge in [-0.25, -0.2) is 4.79 Å². The normalized spacial score (nSPS) is 11.4. The van der Waals surface area contributed by atoms with Crippen molar-refractivity contribution in [1.29, 1.82) is 0 Å². The number of carboxylic acids is 3. The summed E-state index contributed by atoms with van der Waals surface area (Å²) >= 11 is 0. The van der Waals surface area contributed by atoms with Gasteiger partial charge in [0.15, 0.2) is 5.60 Å². The van der Waals surface area contributed by atoms with Gasteiger partial charge in [-0.15, -0.1) is 0 Å². The Kier molecular flexibility index (Phi) is 33.6. The Bertz CT molecular complexity index is 527. The molecule has 4 N–H and O–H groups in total. The molecule has 0 aliphatic rings. The molecule has 0 unspecified atom stereocenters. The van der Waals surface area contributed by atoms with Crippen LogP contribution in [0.4, 0.5) is 0 Å². The van der Waals surface area contributed by atoms with E-state index in [4.69, 9.17) is 20.4 Å². The Labute approximate surface area is 273 Å². The van der Waals surface area contributed by atoms with Crippen LogP contribution in [0.3, 0.4) is 0 Å². The van der Waals surface area contributed by atoms with E-state index in [1.165, 1.54) is 70.6 Å². The SMILES string of the molecule is CCCCCCCC[PH](CCCC)(CCCC)CCCC.O=C(O)CC(O)(CC(=O)O)C(=O)O.[Br-].[K+]. The minimum atomic E-state index is -2.74. The molecule has 10 heteroatoms. The van der Waals surface area contributed by atoms with E-state index in [2.05, 4.69) is 27.7 Å². The van der Waals surface area contributed by atoms with Crippen molar-refractivity contribution >= 4 is 25.2 Å². The van der Waals surface area contributed by atoms with Crippen LogP contribution >= 0.6 is 7.26 Å². The topological polar surface area (TPSA) is 132 Å². The van der Waals surface area contributed by atoms with Crippen molar-refractivity contribution < 1.29 is 103 Å². The van der Waals surface area contributed by atoms with Crippen LogP contribution < -0.4 is 68.4 Å². The van der Waals surface area contributed by atoms with Crippen LogP contribution in [0.1, 0.15) is 118 Å². The molecule has 0 heterocycles. The summed E-state index contributed by atoms with van der Waals surface area (Å²) in [7, 11) is -0.927. The zero-order chi connectivity index (χ0) is 26.5. The van der Waals surface area contributed by atoms with E-state index in [0.717, 1.165) is 0 Å². The fourth-order valence-electron chi connectivity index (χ4n) is 4.40. The van der Waals surface area contributed by atoms with Crippen molar-refractivity contribution in [3.05, 3.63) is 0 Å². The van der Waals surface area contributed by atoms with Gasteiger partial charge in [-0.05, 0) is 0 Å². The summed E-state index contributed by atoms with van der Waals surface area (Å²) in [4.78, 5) is 30.5. The molecule has 0 atom stereocenters. The molecule has 36 heavy (non-hydrogen) atoms. The minimum absolute atomic E-state index is 0. The van der Waals surface area contributed by atoms with Crippen molar-refractivity contribution in [2.24, 2.45) is 0 Å². The molecule has 0 aromatic carbocycles. The molecule has 212 valence electrons. The number of aliphatic hydroxyl groups is 1. The van der Waals surface area contributed by atoms with E-state index < -0.39 is 43.6 Å². The Morgan fingerprint density at radius 2 is 0.889 bits per heavy atom. The van der Waals surface area contributed by atoms with E-state index in [0.29, 0.717) is 0 Å². The van der Waals surface area contributed by atoms with E-state index in [1.807, 2.05) is 0 Å². The first-order valence-corrected chi connectivity index (χ1v) is 16.2. The van der Waals surface area contributed by atoms with Crippen molar-refractivity contribution in [1.82, 2.24) is 0 Å². The van der Waals surface area contributed by atoms with Gasteiger partial charge in [-0.2, -0.15) is 0 Å². The maximum Gasteiger partial charge on any atom is 1.00 e. The number of unbranched alkanes of at least 4 members (excludes halogenated alkanes) is 8. The zero-order valence-electron chi connectivity index (χ0n) is 23.6. The van der Waals surface area contributed by atoms with E-state index in [-0.39, 0.29) is 68.4 Å². The molecule has 0 aliphatic carbocycles. The van der Waals surface area contributed by atoms with Gasteiger partial charge >= 0.3 is 206 Å². The van der Waals surface area contributed by atoms with Crippen molar-refractivity contribution in [3.8, 4) is 0 Å². The monoisotopic (exact) mass is 626 g/mol. The summed E-state index contributed by atoms with van der Waals surface area (Å²) in [5.41, 5.74) is -2.74. The van der Waals surface area contributed by atoms with Gasteiger partial charge in [0.2, 0.25) is 0 Å². The first kappa shape index (κ1) is 44.0. The molecule has 0 rings (SSSR count). The van der Waals surface area contributed by atoms with Crippen molar-refractivity contribution in [2.75, 3.05) is 24.6 Å². The predicted molar refractivity (Wildman–Crippen MR) is 143 cm³/mol. The quantitative estimate of drug-likeness (QED) is 0.0816. The second kappa shape index (κ2) is 27.5. The van der Waals surface area contributed by atoms with Gasteiger partial charge in [0, 0.05) is 0 Å². The standard InChI is InChI=1S/C20H45P.C6H8O7.BrH.K/c1-5-9-13-14-15-16-20-21(17-10-6-2,18-11-7-3)19-12-8-4;7-3(8)1-6(13,5(11)12)2-4(9)10;;/h21H,5-20H2,1-4H3;13H,1-2H2,(H,7,8)(H,9,10)(H,11,12);1H;/q;;;+1/p-1. The second-order valence-electron chi connectivity index (χ2n) is 9.81. The molecule has 7 nitrogen and oxygen atoms in total. The van der Waals surface area contributed by atoms with E-state index >= 15 is 0 Å². The molecule has 0 bridgehead atoms. The number of rotatable bonds is 21. The molecular weight excluding hydrogens is 574 g/mol. The van der Waals surface area contributed by atoms with Gasteiger partial charge in [0.1, 0.15) is 0 Å². The first-order valence-electron chi connectivity index (χ1n) is 13.4. The molecule has 0 aromatic heterocycles. The van der Waals surface area contributed by atoms with Gasteiger partial charge in [-0.3, -0.25) is 9.59 Å². The average Bonchev–Trinajstić information content (AvgIpc) is 2.76. The number of carbonyl (C=O) groups is 3. The third kappa shape index (κ3) is 24.0. The van der Waals surface area contributed by atoms with Crippen LogP contribution in [0.5, 0.6) is 0 Å². The van der Waals surface area contributed by atoms with Crippen LogP contribution in [-0.4, -0.2) is 68.6 Å². The Morgan fingerprint density at radius 1 is 0.583 bits per heavy atom. The fourth-order valence-corrected chi connectivity index (χ4v) is 10.2. The van der Waals surface area contributed by atoms with Crippen LogP contribution in [0.25, 0.3) is 0 Å². The molecular formula is C26H53BrKO7P. The molecule has 0 amide bonds. The maximum atomic E-state index is 10.3. The summed E-state index contributed by atoms with van der Waals surface area (Å²) in [6.45, 7) is 9.45. The van der Waals surface area contributed by atoms with Crippen molar-refractivity contribution in [3.63, 3.8) is 0 Å². The number of aliphatic carboxylic acids is 3. The Hall–Kier alpha value is 0.916. The first-order chi connectivity index (χ1) is 16.0. The average molecular weight is 628 g/mol. The number of hydrogen-bond donors (Lipinski definition) is 4. The molecule has 0 saturated carbocycles. The molecule has 0 aliphatic heterocycles. The number of carboxylic acid groups (broad SMARTS) is 3. The van der Waals surface area contributed by atoms with Crippen LogP contribution in [0.15, 0.2) is 0 Å². The third-order valence-electron chi connectivity index (χ3n) is 6.53. The molecule has 0 fully saturated rings. The smallest absolute Gasteiger partial charge is 1.00 e. The molecule has 0 aromatic rings. The van der Waals surface area contributed by atoms with Crippen LogP contribution in [0, 0.1) is 0 Å². The van der Waals surface area contributed by atoms with Crippen LogP contribution in [0.2, 0.25) is 0 Å². The second-order valence-corrected chi connectivity index (χ2v) is 14.8. The third-order valence-corrected chi connectivity index (χ3v) is 12.2. The van der Waals surface area contributed by atoms with E-state index in [9.17, 15) is 14.4 Å². The van der Waals surface area contributed by atoms with Crippen LogP contribution in [-0.2, 0) is 14.4 Å². The number of halogens is 1. The summed E-state index contributed by atoms with van der Waals surface area (Å²) in [5, 5.41) is 33.8. The van der Waals surface area contributed by atoms with Gasteiger partial charge < -0.3 is 37.4 Å². The van der Waals surface area contributed by atoms with Crippen molar-refractivity contribution in [2.45, 2.75) is 123 Å². The largest absolute Gasteiger partial charge is 1.00 e. The van der Waals surface area contributed by atoms with Gasteiger partial charge in [0.25, 0.3) is 0 Å². The Morgan fingerprint density at radius 3 is 1.19 bits per heavy atom. The molecule has 0 radical (unpaired) electrons. The summed E-state index contributed by atoms with van der Waals surface area (Å²) in [5.74, 6) is -5.02. The fraction of sp³-hybridized carbons (Fsp3) is 0.885. The summed E-state index contributed by atoms with van der Waals surface area (Å²) in [6, 6.07) is 0. The predicted octanol–water partition coefficient (Wildman–Crippen LogP) is 0.257. The minimum Gasteiger partial charge on any atom is -1.00 e. The summed E-state index contributed by atoms with van der Waals surface area (Å²) < 4.78 is 0. The molecule has 0 spiro atoms. The van der Waals surface area contributed by atoms with E-state index in [1.54, 1.807) is 31.1 Å². The van der Waals surface area contributed by atoms with Gasteiger partial charge in [0.05, 0.1) is 12.8 Å². The van der Waals surface area contributed by atoms with Gasteiger partial charge in [-0.1, -0.05) is 0 Å². The molecule has 0 saturated heterocycles. The maximum absolute atomic E-state index is 10.3. The zero-order valence-corrected chi connectivity index (χ0v) is 29.3. The summed E-state index contributed by atoms with van der Waals surface area (Å²) in [6.07, 6.45) is 21.9. The Balaban J connectivity index is -0.000000297.